The van der Waals surface area contributed by atoms with E-state index in [1.54, 1.807) is 4.90 Å². The Bertz CT molecular complexity index is 615. The molecule has 0 spiro atoms. The van der Waals surface area contributed by atoms with Gasteiger partial charge in [-0.3, -0.25) is 4.79 Å². The van der Waals surface area contributed by atoms with Gasteiger partial charge in [-0.25, -0.2) is 4.79 Å². The van der Waals surface area contributed by atoms with E-state index in [2.05, 4.69) is 21.6 Å². The molecule has 7 nitrogen and oxygen atoms in total. The Morgan fingerprint density at radius 1 is 1.15 bits per heavy atom. The van der Waals surface area contributed by atoms with Crippen molar-refractivity contribution in [1.82, 2.24) is 15.5 Å². The molecular formula is C20H32N4O3. The number of nitrogens with zero attached hydrogens (tertiary/aromatic N) is 2. The molecule has 0 radical (unpaired) electrons. The number of rotatable bonds is 8. The van der Waals surface area contributed by atoms with Crippen molar-refractivity contribution in [1.29, 1.82) is 0 Å². The second-order valence-electron chi connectivity index (χ2n) is 6.73. The minimum absolute atomic E-state index is 0.0259. The van der Waals surface area contributed by atoms with Gasteiger partial charge in [0.05, 0.1) is 12.3 Å². The van der Waals surface area contributed by atoms with Crippen LogP contribution in [-0.4, -0.2) is 62.2 Å². The van der Waals surface area contributed by atoms with Crippen LogP contribution in [0.4, 0.5) is 10.5 Å². The maximum atomic E-state index is 12.3. The van der Waals surface area contributed by atoms with Crippen LogP contribution in [0.15, 0.2) is 24.3 Å². The van der Waals surface area contributed by atoms with E-state index < -0.39 is 0 Å². The van der Waals surface area contributed by atoms with Crippen molar-refractivity contribution in [2.75, 3.05) is 44.2 Å². The number of carbonyl (C=O) groups excluding carboxylic acids is 2. The first kappa shape index (κ1) is 20.9. The van der Waals surface area contributed by atoms with Gasteiger partial charge in [0.25, 0.3) is 0 Å². The topological polar surface area (TPSA) is 73.9 Å². The molecule has 2 rings (SSSR count). The second-order valence-corrected chi connectivity index (χ2v) is 6.73. The Hall–Kier alpha value is -2.44. The Morgan fingerprint density at radius 2 is 1.85 bits per heavy atom. The van der Waals surface area contributed by atoms with Crippen molar-refractivity contribution in [2.45, 2.75) is 39.7 Å². The third-order valence-corrected chi connectivity index (χ3v) is 4.72. The molecule has 0 aromatic heterocycles. The lowest BCUT2D eigenvalue weighted by atomic mass is 10.2. The number of para-hydroxylation sites is 2. The minimum atomic E-state index is -0.107. The maximum absolute atomic E-state index is 12.3. The molecule has 1 atom stereocenters. The van der Waals surface area contributed by atoms with Crippen molar-refractivity contribution < 1.29 is 14.3 Å². The summed E-state index contributed by atoms with van der Waals surface area (Å²) in [6.07, 6.45) is 1.20. The summed E-state index contributed by atoms with van der Waals surface area (Å²) in [6, 6.07) is 8.06. The predicted octanol–water partition coefficient (Wildman–Crippen LogP) is 2.22. The Kier molecular flexibility index (Phi) is 8.23. The fourth-order valence-corrected chi connectivity index (χ4v) is 2.99. The first-order valence-corrected chi connectivity index (χ1v) is 9.84. The number of urea groups is 1. The summed E-state index contributed by atoms with van der Waals surface area (Å²) in [4.78, 5) is 28.1. The van der Waals surface area contributed by atoms with Crippen molar-refractivity contribution >= 4 is 17.6 Å². The molecule has 0 aliphatic carbocycles. The summed E-state index contributed by atoms with van der Waals surface area (Å²) in [5.41, 5.74) is 1.07. The lowest BCUT2D eigenvalue weighted by molar-refractivity contribution is -0.121. The molecule has 7 heteroatoms. The van der Waals surface area contributed by atoms with E-state index in [1.807, 2.05) is 39.0 Å². The zero-order chi connectivity index (χ0) is 19.6. The van der Waals surface area contributed by atoms with Gasteiger partial charge in [-0.15, -0.1) is 0 Å². The van der Waals surface area contributed by atoms with Crippen molar-refractivity contribution in [3.8, 4) is 5.75 Å². The summed E-state index contributed by atoms with van der Waals surface area (Å²) in [6.45, 7) is 9.76. The normalized spacial score (nSPS) is 15.2. The highest BCUT2D eigenvalue weighted by Gasteiger charge is 2.22. The van der Waals surface area contributed by atoms with Crippen LogP contribution in [0.25, 0.3) is 0 Å². The number of amides is 3. The number of anilines is 1. The van der Waals surface area contributed by atoms with Crippen LogP contribution in [0.1, 0.15) is 33.6 Å². The molecule has 1 aliphatic rings. The Balaban J connectivity index is 1.75. The highest BCUT2D eigenvalue weighted by atomic mass is 16.5. The number of carbonyl (C=O) groups is 2. The van der Waals surface area contributed by atoms with Gasteiger partial charge in [0.15, 0.2) is 0 Å². The van der Waals surface area contributed by atoms with Gasteiger partial charge in [0, 0.05) is 45.2 Å². The summed E-state index contributed by atoms with van der Waals surface area (Å²) in [5, 5.41) is 5.74. The summed E-state index contributed by atoms with van der Waals surface area (Å²) < 4.78 is 5.70. The molecule has 1 unspecified atom stereocenters. The average Bonchev–Trinajstić information content (AvgIpc) is 2.68. The van der Waals surface area contributed by atoms with Gasteiger partial charge in [0.2, 0.25) is 5.91 Å². The van der Waals surface area contributed by atoms with E-state index in [0.29, 0.717) is 32.7 Å². The highest BCUT2D eigenvalue weighted by Crippen LogP contribution is 2.28. The number of nitrogens with one attached hydrogen (secondary N) is 2. The molecule has 0 bridgehead atoms. The summed E-state index contributed by atoms with van der Waals surface area (Å²) in [5.74, 6) is 0.854. The van der Waals surface area contributed by atoms with Crippen molar-refractivity contribution in [2.24, 2.45) is 0 Å². The molecule has 2 N–H and O–H groups in total. The Morgan fingerprint density at radius 3 is 2.52 bits per heavy atom. The molecule has 1 aliphatic heterocycles. The zero-order valence-corrected chi connectivity index (χ0v) is 16.7. The average molecular weight is 377 g/mol. The highest BCUT2D eigenvalue weighted by molar-refractivity contribution is 5.78. The molecule has 1 fully saturated rings. The lowest BCUT2D eigenvalue weighted by Crippen LogP contribution is -2.52. The number of benzene rings is 1. The molecule has 0 saturated carbocycles. The molecule has 1 aromatic rings. The quantitative estimate of drug-likeness (QED) is 0.730. The molecule has 1 heterocycles. The van der Waals surface area contributed by atoms with Crippen molar-refractivity contribution in [3.63, 3.8) is 0 Å². The van der Waals surface area contributed by atoms with Crippen LogP contribution in [-0.2, 0) is 4.79 Å². The predicted molar refractivity (Wildman–Crippen MR) is 107 cm³/mol. The van der Waals surface area contributed by atoms with Gasteiger partial charge >= 0.3 is 6.03 Å². The van der Waals surface area contributed by atoms with Crippen LogP contribution in [0.2, 0.25) is 0 Å². The molecule has 3 amide bonds. The van der Waals surface area contributed by atoms with E-state index in [4.69, 9.17) is 4.74 Å². The van der Waals surface area contributed by atoms with Gasteiger partial charge in [-0.1, -0.05) is 19.1 Å². The van der Waals surface area contributed by atoms with Crippen LogP contribution in [0, 0.1) is 0 Å². The molecule has 27 heavy (non-hydrogen) atoms. The van der Waals surface area contributed by atoms with Gasteiger partial charge < -0.3 is 25.2 Å². The minimum Gasteiger partial charge on any atom is -0.492 e. The van der Waals surface area contributed by atoms with Crippen molar-refractivity contribution in [3.05, 3.63) is 24.3 Å². The summed E-state index contributed by atoms with van der Waals surface area (Å²) in [7, 11) is 0. The van der Waals surface area contributed by atoms with E-state index in [1.165, 1.54) is 0 Å². The van der Waals surface area contributed by atoms with E-state index in [9.17, 15) is 9.59 Å². The zero-order valence-electron chi connectivity index (χ0n) is 16.7. The molecule has 1 saturated heterocycles. The first-order valence-electron chi connectivity index (χ1n) is 9.84. The lowest BCUT2D eigenvalue weighted by Gasteiger charge is -2.36. The Labute approximate surface area is 162 Å². The fraction of sp³-hybridized carbons (Fsp3) is 0.600. The van der Waals surface area contributed by atoms with E-state index >= 15 is 0 Å². The molecular weight excluding hydrogens is 344 g/mol. The largest absolute Gasteiger partial charge is 0.492 e. The number of hydrogen-bond donors (Lipinski definition) is 2. The summed E-state index contributed by atoms with van der Waals surface area (Å²) >= 11 is 0. The third-order valence-electron chi connectivity index (χ3n) is 4.72. The number of piperazine rings is 1. The van der Waals surface area contributed by atoms with Gasteiger partial charge in [0.1, 0.15) is 5.75 Å². The fourth-order valence-electron chi connectivity index (χ4n) is 2.99. The smallest absolute Gasteiger partial charge is 0.317 e. The van der Waals surface area contributed by atoms with Gasteiger partial charge in [-0.05, 0) is 32.4 Å². The molecule has 150 valence electrons. The maximum Gasteiger partial charge on any atom is 0.317 e. The van der Waals surface area contributed by atoms with E-state index in [-0.39, 0.29) is 18.0 Å². The van der Waals surface area contributed by atoms with Crippen LogP contribution >= 0.6 is 0 Å². The number of hydrogen-bond acceptors (Lipinski definition) is 4. The standard InChI is InChI=1S/C20H32N4O3/c1-4-16(3)22-19(25)10-11-21-20(26)24-14-12-23(13-15-24)17-8-6-7-9-18(17)27-5-2/h6-9,16H,4-5,10-15H2,1-3H3,(H,21,26)(H,22,25). The van der Waals surface area contributed by atoms with Crippen LogP contribution < -0.4 is 20.3 Å². The number of ether oxygens (including phenoxy) is 1. The third kappa shape index (κ3) is 6.34. The SMILES string of the molecule is CCOc1ccccc1N1CCN(C(=O)NCCC(=O)NC(C)CC)CC1. The van der Waals surface area contributed by atoms with E-state index in [0.717, 1.165) is 30.9 Å². The first-order chi connectivity index (χ1) is 13.0. The monoisotopic (exact) mass is 376 g/mol. The van der Waals surface area contributed by atoms with Gasteiger partial charge in [-0.2, -0.15) is 0 Å². The van der Waals surface area contributed by atoms with Crippen LogP contribution in [0.5, 0.6) is 5.75 Å². The second kappa shape index (κ2) is 10.6. The molecule has 1 aromatic carbocycles. The van der Waals surface area contributed by atoms with Crippen LogP contribution in [0.3, 0.4) is 0 Å².